The number of carbonyl (C=O) groups is 3. The zero-order valence-corrected chi connectivity index (χ0v) is 24.8. The third-order valence-electron chi connectivity index (χ3n) is 9.07. The minimum atomic E-state index is -2.73. The maximum atomic E-state index is 14.2. The monoisotopic (exact) mass is 609 g/mol. The van der Waals surface area contributed by atoms with E-state index < -0.39 is 70.8 Å². The smallest absolute Gasteiger partial charge is 0.255 e. The van der Waals surface area contributed by atoms with Gasteiger partial charge in [-0.25, -0.2) is 4.39 Å². The largest absolute Gasteiger partial charge is 0.508 e. The number of ether oxygens (including phenoxy) is 1. The Morgan fingerprint density at radius 3 is 2.43 bits per heavy atom. The van der Waals surface area contributed by atoms with Gasteiger partial charge in [0.05, 0.1) is 18.7 Å². The molecule has 0 aromatic heterocycles. The minimum absolute atomic E-state index is 0.0219. The maximum absolute atomic E-state index is 14.2. The molecule has 2 aromatic rings. The molecule has 234 valence electrons. The fraction of sp³-hybridized carbons (Fsp3) is 0.406. The molecule has 0 radical (unpaired) electrons. The van der Waals surface area contributed by atoms with Gasteiger partial charge in [0.15, 0.2) is 11.4 Å². The fourth-order valence-electron chi connectivity index (χ4n) is 6.87. The SMILES string of the molecule is COc1ccc(-c2cc(CNC(C)CF)c(O)c3c2C[C@H]2C[C@H]4[C@H](N(C)C)C(=O)C(C(N)=O)=C(O)[C@@]4(O)C(=O)C2=C3O)cc1. The predicted octanol–water partition coefficient (Wildman–Crippen LogP) is 2.09. The number of primary amides is 1. The van der Waals surface area contributed by atoms with Gasteiger partial charge < -0.3 is 36.2 Å². The molecule has 0 bridgehead atoms. The molecule has 5 atom stereocenters. The lowest BCUT2D eigenvalue weighted by Gasteiger charge is -2.50. The number of ketones is 2. The van der Waals surface area contributed by atoms with Gasteiger partial charge in [0.25, 0.3) is 5.91 Å². The molecule has 5 rings (SSSR count). The number of rotatable bonds is 8. The van der Waals surface area contributed by atoms with Crippen LogP contribution in [0.5, 0.6) is 11.5 Å². The number of Topliss-reactive ketones (excluding diaryl/α,β-unsaturated/α-hetero) is 2. The summed E-state index contributed by atoms with van der Waals surface area (Å²) in [4.78, 5) is 41.2. The van der Waals surface area contributed by atoms with Gasteiger partial charge in [0, 0.05) is 29.6 Å². The van der Waals surface area contributed by atoms with Crippen LogP contribution in [0.15, 0.2) is 47.2 Å². The van der Waals surface area contributed by atoms with Gasteiger partial charge >= 0.3 is 0 Å². The molecule has 0 aliphatic heterocycles. The van der Waals surface area contributed by atoms with Crippen molar-refractivity contribution in [1.29, 1.82) is 0 Å². The number of methoxy groups -OCH3 is 1. The standard InChI is InChI=1S/C32H36FN3O8/c1-14(12-33)35-13-17-10-19(15-5-7-18(44-4)8-6-15)20-9-16-11-21-25(36(2)3)28(39)24(31(34)42)30(41)32(21,43)29(40)22(16)27(38)23(20)26(17)37/h5-8,10,14,16,21,25,35,37-38,41,43H,9,11-13H2,1-4H3,(H2,34,42)/t14?,16-,21-,25-,32-/m0/s1. The number of halogens is 1. The zero-order valence-electron chi connectivity index (χ0n) is 24.8. The number of aliphatic hydroxyl groups excluding tert-OH is 2. The van der Waals surface area contributed by atoms with Gasteiger partial charge in [0.1, 0.15) is 35.3 Å². The van der Waals surface area contributed by atoms with E-state index in [0.29, 0.717) is 22.4 Å². The third-order valence-corrected chi connectivity index (χ3v) is 9.07. The summed E-state index contributed by atoms with van der Waals surface area (Å²) >= 11 is 0. The molecule has 12 heteroatoms. The Morgan fingerprint density at radius 2 is 1.86 bits per heavy atom. The molecule has 0 heterocycles. The summed E-state index contributed by atoms with van der Waals surface area (Å²) < 4.78 is 18.5. The number of phenols is 1. The van der Waals surface area contributed by atoms with E-state index in [1.165, 1.54) is 12.0 Å². The first-order valence-corrected chi connectivity index (χ1v) is 14.2. The highest BCUT2D eigenvalue weighted by Crippen LogP contribution is 2.54. The Hall–Kier alpha value is -4.26. The van der Waals surface area contributed by atoms with Crippen molar-refractivity contribution in [2.75, 3.05) is 27.9 Å². The number of carbonyl (C=O) groups excluding carboxylic acids is 3. The van der Waals surface area contributed by atoms with Crippen LogP contribution in [0.1, 0.15) is 30.0 Å². The summed E-state index contributed by atoms with van der Waals surface area (Å²) in [7, 11) is 4.63. The van der Waals surface area contributed by atoms with Crippen LogP contribution in [0.4, 0.5) is 4.39 Å². The van der Waals surface area contributed by atoms with Crippen LogP contribution in [-0.4, -0.2) is 88.4 Å². The molecule has 7 N–H and O–H groups in total. The molecule has 1 saturated carbocycles. The molecular formula is C32H36FN3O8. The first-order valence-electron chi connectivity index (χ1n) is 14.2. The van der Waals surface area contributed by atoms with Crippen molar-refractivity contribution >= 4 is 23.2 Å². The zero-order chi connectivity index (χ0) is 32.2. The van der Waals surface area contributed by atoms with Gasteiger partial charge in [-0.15, -0.1) is 0 Å². The summed E-state index contributed by atoms with van der Waals surface area (Å²) in [6.07, 6.45) is 0.115. The van der Waals surface area contributed by atoms with Gasteiger partial charge in [-0.2, -0.15) is 0 Å². The van der Waals surface area contributed by atoms with E-state index >= 15 is 0 Å². The molecule has 1 unspecified atom stereocenters. The summed E-state index contributed by atoms with van der Waals surface area (Å²) in [6.45, 7) is 1.03. The summed E-state index contributed by atoms with van der Waals surface area (Å²) in [6, 6.07) is 7.18. The van der Waals surface area contributed by atoms with E-state index in [-0.39, 0.29) is 36.3 Å². The second-order valence-electron chi connectivity index (χ2n) is 11.9. The van der Waals surface area contributed by atoms with Crippen LogP contribution in [0, 0.1) is 11.8 Å². The molecule has 0 saturated heterocycles. The number of hydrogen-bond acceptors (Lipinski definition) is 10. The number of aromatic hydroxyl groups is 1. The second-order valence-corrected chi connectivity index (χ2v) is 11.9. The highest BCUT2D eigenvalue weighted by molar-refractivity contribution is 6.24. The lowest BCUT2D eigenvalue weighted by molar-refractivity contribution is -0.153. The number of nitrogens with two attached hydrogens (primary N) is 1. The maximum Gasteiger partial charge on any atom is 0.255 e. The lowest BCUT2D eigenvalue weighted by Crippen LogP contribution is -2.65. The Morgan fingerprint density at radius 1 is 1.20 bits per heavy atom. The van der Waals surface area contributed by atoms with E-state index in [0.717, 1.165) is 5.56 Å². The van der Waals surface area contributed by atoms with Gasteiger partial charge in [-0.1, -0.05) is 12.1 Å². The molecule has 44 heavy (non-hydrogen) atoms. The van der Waals surface area contributed by atoms with Crippen LogP contribution in [-0.2, 0) is 27.3 Å². The number of alkyl halides is 1. The van der Waals surface area contributed by atoms with Crippen molar-refractivity contribution in [2.45, 2.75) is 44.0 Å². The van der Waals surface area contributed by atoms with Crippen LogP contribution in [0.3, 0.4) is 0 Å². The third kappa shape index (κ3) is 4.64. The van der Waals surface area contributed by atoms with Gasteiger partial charge in [0.2, 0.25) is 5.78 Å². The number of fused-ring (bicyclic) bond motifs is 3. The van der Waals surface area contributed by atoms with Crippen LogP contribution in [0.2, 0.25) is 0 Å². The minimum Gasteiger partial charge on any atom is -0.508 e. The van der Waals surface area contributed by atoms with Crippen molar-refractivity contribution in [3.05, 3.63) is 63.9 Å². The first-order chi connectivity index (χ1) is 20.8. The topological polar surface area (TPSA) is 183 Å². The summed E-state index contributed by atoms with van der Waals surface area (Å²) in [5, 5.41) is 49.1. The first kappa shape index (κ1) is 31.2. The quantitative estimate of drug-likeness (QED) is 0.242. The number of amides is 1. The van der Waals surface area contributed by atoms with Gasteiger partial charge in [-0.3, -0.25) is 19.3 Å². The van der Waals surface area contributed by atoms with Crippen molar-refractivity contribution in [3.63, 3.8) is 0 Å². The Bertz CT molecular complexity index is 1620. The van der Waals surface area contributed by atoms with E-state index in [2.05, 4.69) is 5.32 Å². The van der Waals surface area contributed by atoms with Gasteiger partial charge in [-0.05, 0) is 74.7 Å². The number of likely N-dealkylation sites (N-methyl/N-ethyl adjacent to an activating group) is 1. The highest BCUT2D eigenvalue weighted by Gasteiger charge is 2.64. The molecule has 1 fully saturated rings. The molecular weight excluding hydrogens is 573 g/mol. The van der Waals surface area contributed by atoms with Crippen molar-refractivity contribution in [2.24, 2.45) is 17.6 Å². The molecule has 3 aliphatic rings. The number of hydrogen-bond donors (Lipinski definition) is 6. The molecule has 1 amide bonds. The van der Waals surface area contributed by atoms with E-state index in [1.54, 1.807) is 39.2 Å². The van der Waals surface area contributed by atoms with E-state index in [1.807, 2.05) is 12.1 Å². The molecule has 0 spiro atoms. The van der Waals surface area contributed by atoms with Crippen LogP contribution >= 0.6 is 0 Å². The molecule has 2 aromatic carbocycles. The van der Waals surface area contributed by atoms with Crippen LogP contribution in [0.25, 0.3) is 16.9 Å². The number of phenolic OH excluding ortho intramolecular Hbond substituents is 1. The summed E-state index contributed by atoms with van der Waals surface area (Å²) in [5.41, 5.74) is 3.76. The average Bonchev–Trinajstić information content (AvgIpc) is 2.98. The Balaban J connectivity index is 1.74. The highest BCUT2D eigenvalue weighted by atomic mass is 19.1. The van der Waals surface area contributed by atoms with Crippen molar-refractivity contribution in [3.8, 4) is 22.6 Å². The number of nitrogens with one attached hydrogen (secondary N) is 1. The lowest BCUT2D eigenvalue weighted by atomic mass is 9.57. The number of aliphatic hydroxyl groups is 3. The van der Waals surface area contributed by atoms with E-state index in [4.69, 9.17) is 10.5 Å². The second kappa shape index (κ2) is 11.3. The Kier molecular flexibility index (Phi) is 8.04. The van der Waals surface area contributed by atoms with Crippen LogP contribution < -0.4 is 15.8 Å². The Labute approximate surface area is 253 Å². The number of nitrogens with zero attached hydrogens (tertiary/aromatic N) is 1. The van der Waals surface area contributed by atoms with E-state index in [9.17, 15) is 39.2 Å². The number of benzene rings is 2. The predicted molar refractivity (Wildman–Crippen MR) is 159 cm³/mol. The van der Waals surface area contributed by atoms with Crippen molar-refractivity contribution < 1.29 is 43.9 Å². The fourth-order valence-corrected chi connectivity index (χ4v) is 6.87. The summed E-state index contributed by atoms with van der Waals surface area (Å²) in [5.74, 6) is -6.54. The molecule has 3 aliphatic carbocycles. The average molecular weight is 610 g/mol. The normalized spacial score (nSPS) is 25.5. The van der Waals surface area contributed by atoms with Crippen molar-refractivity contribution in [1.82, 2.24) is 10.2 Å². The molecule has 11 nitrogen and oxygen atoms in total.